The molecule has 0 unspecified atom stereocenters. The van der Waals surface area contributed by atoms with Gasteiger partial charge in [-0.3, -0.25) is 4.79 Å². The molecule has 0 aliphatic heterocycles. The topological polar surface area (TPSA) is 47.6 Å². The van der Waals surface area contributed by atoms with Gasteiger partial charge in [0.05, 0.1) is 13.7 Å². The SMILES string of the molecule is CCc1cccc(C)c1NC(=O)c1ccc(OC)c(COC)c1. The molecule has 4 nitrogen and oxygen atoms in total. The number of carbonyl (C=O) groups excluding carboxylic acids is 1. The minimum atomic E-state index is -0.131. The molecule has 2 aromatic carbocycles. The zero-order valence-corrected chi connectivity index (χ0v) is 14.1. The Bertz CT molecular complexity index is 695. The fraction of sp³-hybridized carbons (Fsp3) is 0.316. The number of ether oxygens (including phenoxy) is 2. The van der Waals surface area contributed by atoms with Gasteiger partial charge in [-0.1, -0.05) is 25.1 Å². The molecular weight excluding hydrogens is 290 g/mol. The smallest absolute Gasteiger partial charge is 0.255 e. The molecule has 1 N–H and O–H groups in total. The minimum absolute atomic E-state index is 0.131. The number of nitrogens with one attached hydrogen (secondary N) is 1. The molecule has 0 saturated carbocycles. The van der Waals surface area contributed by atoms with Crippen LogP contribution in [-0.2, 0) is 17.8 Å². The lowest BCUT2D eigenvalue weighted by molar-refractivity contribution is 0.102. The predicted molar refractivity (Wildman–Crippen MR) is 92.2 cm³/mol. The van der Waals surface area contributed by atoms with Crippen molar-refractivity contribution in [2.75, 3.05) is 19.5 Å². The normalized spacial score (nSPS) is 10.4. The van der Waals surface area contributed by atoms with Crippen molar-refractivity contribution in [2.45, 2.75) is 26.9 Å². The summed E-state index contributed by atoms with van der Waals surface area (Å²) >= 11 is 0. The summed E-state index contributed by atoms with van der Waals surface area (Å²) in [4.78, 5) is 12.6. The highest BCUT2D eigenvalue weighted by Gasteiger charge is 2.13. The molecule has 0 atom stereocenters. The Labute approximate surface area is 137 Å². The Hall–Kier alpha value is -2.33. The van der Waals surface area contributed by atoms with Gasteiger partial charge in [0.2, 0.25) is 0 Å². The largest absolute Gasteiger partial charge is 0.496 e. The van der Waals surface area contributed by atoms with Crippen molar-refractivity contribution in [3.05, 3.63) is 58.7 Å². The van der Waals surface area contributed by atoms with Crippen LogP contribution in [0.3, 0.4) is 0 Å². The summed E-state index contributed by atoms with van der Waals surface area (Å²) in [6.45, 7) is 4.47. The number of methoxy groups -OCH3 is 2. The molecule has 0 radical (unpaired) electrons. The Balaban J connectivity index is 2.29. The van der Waals surface area contributed by atoms with Crippen molar-refractivity contribution >= 4 is 11.6 Å². The van der Waals surface area contributed by atoms with Gasteiger partial charge in [-0.2, -0.15) is 0 Å². The number of benzene rings is 2. The van der Waals surface area contributed by atoms with Gasteiger partial charge in [-0.15, -0.1) is 0 Å². The van der Waals surface area contributed by atoms with E-state index in [1.54, 1.807) is 26.4 Å². The lowest BCUT2D eigenvalue weighted by atomic mass is 10.0. The predicted octanol–water partition coefficient (Wildman–Crippen LogP) is 3.96. The first-order valence-corrected chi connectivity index (χ1v) is 7.66. The summed E-state index contributed by atoms with van der Waals surface area (Å²) in [6.07, 6.45) is 0.870. The second-order valence-electron chi connectivity index (χ2n) is 5.38. The van der Waals surface area contributed by atoms with E-state index in [9.17, 15) is 4.79 Å². The van der Waals surface area contributed by atoms with E-state index in [4.69, 9.17) is 9.47 Å². The van der Waals surface area contributed by atoms with Crippen LogP contribution in [0.25, 0.3) is 0 Å². The quantitative estimate of drug-likeness (QED) is 0.878. The second-order valence-corrected chi connectivity index (χ2v) is 5.38. The summed E-state index contributed by atoms with van der Waals surface area (Å²) < 4.78 is 10.5. The average Bonchev–Trinajstić information content (AvgIpc) is 2.56. The second kappa shape index (κ2) is 7.79. The number of carbonyl (C=O) groups is 1. The van der Waals surface area contributed by atoms with Gasteiger partial charge in [-0.25, -0.2) is 0 Å². The van der Waals surface area contributed by atoms with Crippen LogP contribution in [0, 0.1) is 6.92 Å². The average molecular weight is 313 g/mol. The molecule has 23 heavy (non-hydrogen) atoms. The number of anilines is 1. The van der Waals surface area contributed by atoms with Crippen LogP contribution < -0.4 is 10.1 Å². The molecule has 122 valence electrons. The highest BCUT2D eigenvalue weighted by Crippen LogP contribution is 2.24. The van der Waals surface area contributed by atoms with Crippen LogP contribution in [0.15, 0.2) is 36.4 Å². The fourth-order valence-corrected chi connectivity index (χ4v) is 2.58. The minimum Gasteiger partial charge on any atom is -0.496 e. The monoisotopic (exact) mass is 313 g/mol. The first-order valence-electron chi connectivity index (χ1n) is 7.66. The molecule has 0 bridgehead atoms. The van der Waals surface area contributed by atoms with Gasteiger partial charge < -0.3 is 14.8 Å². The molecule has 0 aliphatic rings. The van der Waals surface area contributed by atoms with E-state index in [1.807, 2.05) is 31.2 Å². The number of aryl methyl sites for hydroxylation is 2. The van der Waals surface area contributed by atoms with Crippen LogP contribution in [0.1, 0.15) is 34.0 Å². The Morgan fingerprint density at radius 3 is 2.57 bits per heavy atom. The number of amides is 1. The fourth-order valence-electron chi connectivity index (χ4n) is 2.58. The first-order chi connectivity index (χ1) is 11.1. The van der Waals surface area contributed by atoms with Gasteiger partial charge in [0, 0.05) is 23.9 Å². The standard InChI is InChI=1S/C19H23NO3/c1-5-14-8-6-7-13(2)18(14)20-19(21)15-9-10-17(23-4)16(11-15)12-22-3/h6-11H,5,12H2,1-4H3,(H,20,21). The van der Waals surface area contributed by atoms with Crippen LogP contribution in [0.5, 0.6) is 5.75 Å². The van der Waals surface area contributed by atoms with Crippen molar-refractivity contribution in [2.24, 2.45) is 0 Å². The zero-order chi connectivity index (χ0) is 16.8. The molecule has 0 fully saturated rings. The molecule has 0 spiro atoms. The van der Waals surface area contributed by atoms with Crippen LogP contribution in [0.2, 0.25) is 0 Å². The summed E-state index contributed by atoms with van der Waals surface area (Å²) in [5.74, 6) is 0.586. The Morgan fingerprint density at radius 2 is 1.91 bits per heavy atom. The lowest BCUT2D eigenvalue weighted by Gasteiger charge is -2.14. The molecular formula is C19H23NO3. The van der Waals surface area contributed by atoms with Crippen molar-refractivity contribution in [1.29, 1.82) is 0 Å². The van der Waals surface area contributed by atoms with E-state index in [2.05, 4.69) is 12.2 Å². The maximum atomic E-state index is 12.6. The highest BCUT2D eigenvalue weighted by molar-refractivity contribution is 6.05. The third kappa shape index (κ3) is 3.90. The Morgan fingerprint density at radius 1 is 1.13 bits per heavy atom. The Kier molecular flexibility index (Phi) is 5.77. The number of rotatable bonds is 6. The maximum absolute atomic E-state index is 12.6. The summed E-state index contributed by atoms with van der Waals surface area (Å²) in [7, 11) is 3.22. The van der Waals surface area contributed by atoms with Gasteiger partial charge in [0.15, 0.2) is 0 Å². The van der Waals surface area contributed by atoms with E-state index < -0.39 is 0 Å². The lowest BCUT2D eigenvalue weighted by Crippen LogP contribution is -2.15. The van der Waals surface area contributed by atoms with Crippen molar-refractivity contribution in [3.63, 3.8) is 0 Å². The van der Waals surface area contributed by atoms with E-state index in [0.717, 1.165) is 28.8 Å². The molecule has 0 aromatic heterocycles. The number of hydrogen-bond donors (Lipinski definition) is 1. The van der Waals surface area contributed by atoms with Gasteiger partial charge in [0.1, 0.15) is 5.75 Å². The summed E-state index contributed by atoms with van der Waals surface area (Å²) in [5, 5.41) is 3.03. The van der Waals surface area contributed by atoms with Crippen LogP contribution in [0.4, 0.5) is 5.69 Å². The molecule has 1 amide bonds. The van der Waals surface area contributed by atoms with Crippen molar-refractivity contribution in [3.8, 4) is 5.75 Å². The van der Waals surface area contributed by atoms with Gasteiger partial charge in [-0.05, 0) is 42.7 Å². The molecule has 2 aromatic rings. The number of para-hydroxylation sites is 1. The maximum Gasteiger partial charge on any atom is 0.255 e. The van der Waals surface area contributed by atoms with E-state index >= 15 is 0 Å². The van der Waals surface area contributed by atoms with Crippen LogP contribution in [-0.4, -0.2) is 20.1 Å². The zero-order valence-electron chi connectivity index (χ0n) is 14.1. The van der Waals surface area contributed by atoms with E-state index in [1.165, 1.54) is 0 Å². The first kappa shape index (κ1) is 17.0. The number of hydrogen-bond acceptors (Lipinski definition) is 3. The van der Waals surface area contributed by atoms with Crippen LogP contribution >= 0.6 is 0 Å². The highest BCUT2D eigenvalue weighted by atomic mass is 16.5. The summed E-state index contributed by atoms with van der Waals surface area (Å²) in [5.41, 5.74) is 4.52. The molecule has 2 rings (SSSR count). The van der Waals surface area contributed by atoms with E-state index in [0.29, 0.717) is 17.9 Å². The third-order valence-electron chi connectivity index (χ3n) is 3.82. The third-order valence-corrected chi connectivity index (χ3v) is 3.82. The molecule has 0 aliphatic carbocycles. The molecule has 0 saturated heterocycles. The molecule has 4 heteroatoms. The van der Waals surface area contributed by atoms with Gasteiger partial charge in [0.25, 0.3) is 5.91 Å². The van der Waals surface area contributed by atoms with E-state index in [-0.39, 0.29) is 5.91 Å². The molecule has 0 heterocycles. The summed E-state index contributed by atoms with van der Waals surface area (Å²) in [6, 6.07) is 11.4. The van der Waals surface area contributed by atoms with Crippen molar-refractivity contribution < 1.29 is 14.3 Å². The van der Waals surface area contributed by atoms with Gasteiger partial charge >= 0.3 is 0 Å². The van der Waals surface area contributed by atoms with Crippen molar-refractivity contribution in [1.82, 2.24) is 0 Å².